The number of morpholine rings is 1. The summed E-state index contributed by atoms with van der Waals surface area (Å²) in [5.41, 5.74) is 0.967. The Hall–Kier alpha value is -2.55. The maximum Gasteiger partial charge on any atom is 0.262 e. The smallest absolute Gasteiger partial charge is 0.262 e. The molecule has 3 aromatic rings. The number of aromatic nitrogens is 2. The second-order valence-corrected chi connectivity index (χ2v) is 8.34. The van der Waals surface area contributed by atoms with Gasteiger partial charge in [0.25, 0.3) is 5.56 Å². The lowest BCUT2D eigenvalue weighted by Crippen LogP contribution is -2.37. The van der Waals surface area contributed by atoms with Gasteiger partial charge in [0.1, 0.15) is 5.82 Å². The van der Waals surface area contributed by atoms with Crippen molar-refractivity contribution in [2.45, 2.75) is 18.1 Å². The molecule has 4 rings (SSSR count). The van der Waals surface area contributed by atoms with Crippen LogP contribution in [0.5, 0.6) is 0 Å². The summed E-state index contributed by atoms with van der Waals surface area (Å²) in [6, 6.07) is 12.7. The number of hydrogen-bond donors (Lipinski definition) is 0. The van der Waals surface area contributed by atoms with E-state index in [2.05, 4.69) is 9.88 Å². The van der Waals surface area contributed by atoms with Gasteiger partial charge in [-0.3, -0.25) is 19.1 Å². The molecule has 0 saturated carbocycles. The van der Waals surface area contributed by atoms with Crippen molar-refractivity contribution in [2.24, 2.45) is 0 Å². The third kappa shape index (κ3) is 5.39. The number of para-hydroxylation sites is 1. The molecule has 1 aliphatic rings. The number of nitrogens with zero attached hydrogens (tertiary/aromatic N) is 3. The number of hydrogen-bond acceptors (Lipinski definition) is 6. The van der Waals surface area contributed by atoms with Gasteiger partial charge in [-0.25, -0.2) is 9.37 Å². The summed E-state index contributed by atoms with van der Waals surface area (Å²) in [4.78, 5) is 32.7. The van der Waals surface area contributed by atoms with Crippen molar-refractivity contribution in [1.29, 1.82) is 0 Å². The van der Waals surface area contributed by atoms with Crippen molar-refractivity contribution >= 4 is 28.4 Å². The van der Waals surface area contributed by atoms with Gasteiger partial charge in [-0.2, -0.15) is 0 Å². The summed E-state index contributed by atoms with van der Waals surface area (Å²) >= 11 is 1.24. The molecule has 0 aliphatic carbocycles. The third-order valence-electron chi connectivity index (χ3n) is 5.28. The maximum absolute atomic E-state index is 13.1. The van der Waals surface area contributed by atoms with Gasteiger partial charge in [-0.1, -0.05) is 23.9 Å². The van der Waals surface area contributed by atoms with Gasteiger partial charge >= 0.3 is 0 Å². The summed E-state index contributed by atoms with van der Waals surface area (Å²) in [5, 5.41) is 1.10. The molecular formula is C23H24FN3O3S. The second kappa shape index (κ2) is 10.2. The monoisotopic (exact) mass is 441 g/mol. The zero-order valence-corrected chi connectivity index (χ0v) is 17.9. The first-order chi connectivity index (χ1) is 15.1. The highest BCUT2D eigenvalue weighted by Crippen LogP contribution is 2.20. The van der Waals surface area contributed by atoms with Crippen molar-refractivity contribution in [3.8, 4) is 0 Å². The van der Waals surface area contributed by atoms with E-state index in [1.54, 1.807) is 16.7 Å². The predicted octanol–water partition coefficient (Wildman–Crippen LogP) is 3.23. The number of carbonyl (C=O) groups is 1. The predicted molar refractivity (Wildman–Crippen MR) is 119 cm³/mol. The molecule has 6 nitrogen and oxygen atoms in total. The molecule has 0 spiro atoms. The van der Waals surface area contributed by atoms with Gasteiger partial charge in [0.2, 0.25) is 0 Å². The van der Waals surface area contributed by atoms with E-state index < -0.39 is 0 Å². The number of ketones is 1. The maximum atomic E-state index is 13.1. The first-order valence-corrected chi connectivity index (χ1v) is 11.3. The van der Waals surface area contributed by atoms with E-state index in [-0.39, 0.29) is 22.9 Å². The lowest BCUT2D eigenvalue weighted by molar-refractivity contribution is 0.0368. The summed E-state index contributed by atoms with van der Waals surface area (Å²) in [6.07, 6.45) is 0.805. The van der Waals surface area contributed by atoms with Crippen molar-refractivity contribution in [3.63, 3.8) is 0 Å². The molecule has 1 aromatic heterocycles. The molecule has 8 heteroatoms. The number of Topliss-reactive ketones (excluding diaryl/α,β-unsaturated/α-hetero) is 1. The molecule has 31 heavy (non-hydrogen) atoms. The Morgan fingerprint density at radius 1 is 1.06 bits per heavy atom. The van der Waals surface area contributed by atoms with Crippen molar-refractivity contribution in [3.05, 3.63) is 70.3 Å². The van der Waals surface area contributed by atoms with E-state index >= 15 is 0 Å². The lowest BCUT2D eigenvalue weighted by Gasteiger charge is -2.26. The highest BCUT2D eigenvalue weighted by Gasteiger charge is 2.15. The molecule has 0 N–H and O–H groups in total. The molecule has 0 unspecified atom stereocenters. The molecule has 0 atom stereocenters. The molecular weight excluding hydrogens is 417 g/mol. The minimum absolute atomic E-state index is 0.0932. The van der Waals surface area contributed by atoms with E-state index in [0.717, 1.165) is 39.3 Å². The Balaban J connectivity index is 1.52. The highest BCUT2D eigenvalue weighted by atomic mass is 32.2. The van der Waals surface area contributed by atoms with Crippen molar-refractivity contribution in [1.82, 2.24) is 14.5 Å². The Bertz CT molecular complexity index is 1110. The minimum Gasteiger partial charge on any atom is -0.379 e. The van der Waals surface area contributed by atoms with Gasteiger partial charge < -0.3 is 4.74 Å². The average Bonchev–Trinajstić information content (AvgIpc) is 2.80. The van der Waals surface area contributed by atoms with Crippen LogP contribution in [0.1, 0.15) is 16.8 Å². The number of carbonyl (C=O) groups excluding carboxylic acids is 1. The van der Waals surface area contributed by atoms with Gasteiger partial charge in [0, 0.05) is 31.7 Å². The largest absolute Gasteiger partial charge is 0.379 e. The molecule has 0 bridgehead atoms. The van der Waals surface area contributed by atoms with E-state index in [1.807, 2.05) is 12.1 Å². The van der Waals surface area contributed by atoms with Crippen LogP contribution in [0, 0.1) is 5.82 Å². The molecule has 0 radical (unpaired) electrons. The topological polar surface area (TPSA) is 64.4 Å². The fourth-order valence-electron chi connectivity index (χ4n) is 3.58. The highest BCUT2D eigenvalue weighted by molar-refractivity contribution is 7.99. The molecule has 0 amide bonds. The van der Waals surface area contributed by atoms with Crippen molar-refractivity contribution in [2.75, 3.05) is 38.6 Å². The Morgan fingerprint density at radius 3 is 2.58 bits per heavy atom. The van der Waals surface area contributed by atoms with Crippen LogP contribution in [-0.4, -0.2) is 58.8 Å². The van der Waals surface area contributed by atoms with Gasteiger partial charge in [-0.15, -0.1) is 0 Å². The summed E-state index contributed by atoms with van der Waals surface area (Å²) < 4.78 is 20.2. The van der Waals surface area contributed by atoms with Crippen LogP contribution >= 0.6 is 11.8 Å². The van der Waals surface area contributed by atoms with Gasteiger partial charge in [0.05, 0.1) is 29.9 Å². The number of halogens is 1. The molecule has 2 heterocycles. The van der Waals surface area contributed by atoms with Crippen LogP contribution in [-0.2, 0) is 11.3 Å². The lowest BCUT2D eigenvalue weighted by atomic mass is 10.1. The number of fused-ring (bicyclic) bond motifs is 1. The Morgan fingerprint density at radius 2 is 1.81 bits per heavy atom. The zero-order chi connectivity index (χ0) is 21.6. The van der Waals surface area contributed by atoms with Crippen LogP contribution in [0.2, 0.25) is 0 Å². The van der Waals surface area contributed by atoms with E-state index in [9.17, 15) is 14.0 Å². The molecule has 1 fully saturated rings. The van der Waals surface area contributed by atoms with Crippen LogP contribution < -0.4 is 5.56 Å². The zero-order valence-electron chi connectivity index (χ0n) is 17.1. The van der Waals surface area contributed by atoms with Crippen molar-refractivity contribution < 1.29 is 13.9 Å². The van der Waals surface area contributed by atoms with Crippen LogP contribution in [0.25, 0.3) is 10.9 Å². The fraction of sp³-hybridized carbons (Fsp3) is 0.348. The molecule has 1 saturated heterocycles. The fourth-order valence-corrected chi connectivity index (χ4v) is 4.50. The third-order valence-corrected chi connectivity index (χ3v) is 6.26. The standard InChI is InChI=1S/C23H24FN3O3S/c24-18-8-6-17(7-9-18)21(28)16-31-23-25-20-5-2-1-4-19(20)22(29)27(23)11-3-10-26-12-14-30-15-13-26/h1-2,4-9H,3,10-16H2. The second-order valence-electron chi connectivity index (χ2n) is 7.39. The molecule has 162 valence electrons. The van der Waals surface area contributed by atoms with E-state index in [0.29, 0.717) is 28.2 Å². The summed E-state index contributed by atoms with van der Waals surface area (Å²) in [7, 11) is 0. The Kier molecular flexibility index (Phi) is 7.11. The number of ether oxygens (including phenoxy) is 1. The summed E-state index contributed by atoms with van der Waals surface area (Å²) in [5.74, 6) is -0.387. The first-order valence-electron chi connectivity index (χ1n) is 10.3. The first kappa shape index (κ1) is 21.7. The minimum atomic E-state index is -0.380. The molecule has 2 aromatic carbocycles. The van der Waals surface area contributed by atoms with E-state index in [4.69, 9.17) is 4.74 Å². The number of rotatable bonds is 8. The number of thioether (sulfide) groups is 1. The summed E-state index contributed by atoms with van der Waals surface area (Å²) in [6.45, 7) is 4.69. The van der Waals surface area contributed by atoms with Crippen LogP contribution in [0.4, 0.5) is 4.39 Å². The average molecular weight is 442 g/mol. The van der Waals surface area contributed by atoms with Crippen LogP contribution in [0.15, 0.2) is 58.5 Å². The quantitative estimate of drug-likeness (QED) is 0.304. The normalized spacial score (nSPS) is 14.7. The van der Waals surface area contributed by atoms with E-state index in [1.165, 1.54) is 36.0 Å². The van der Waals surface area contributed by atoms with Crippen LogP contribution in [0.3, 0.4) is 0 Å². The Labute approximate surface area is 184 Å². The van der Waals surface area contributed by atoms with Gasteiger partial charge in [-0.05, 0) is 42.8 Å². The number of benzene rings is 2. The SMILES string of the molecule is O=C(CSc1nc2ccccc2c(=O)n1CCCN1CCOCC1)c1ccc(F)cc1. The van der Waals surface area contributed by atoms with Gasteiger partial charge in [0.15, 0.2) is 10.9 Å². The molecule has 1 aliphatic heterocycles.